The van der Waals surface area contributed by atoms with Gasteiger partial charge in [-0.05, 0) is 28.0 Å². The van der Waals surface area contributed by atoms with E-state index in [1.807, 2.05) is 12.1 Å². The Labute approximate surface area is 124 Å². The summed E-state index contributed by atoms with van der Waals surface area (Å²) in [5, 5.41) is 2.66. The van der Waals surface area contributed by atoms with E-state index in [1.54, 1.807) is 7.11 Å². The summed E-state index contributed by atoms with van der Waals surface area (Å²) >= 11 is 0. The molecule has 4 rings (SSSR count). The lowest BCUT2D eigenvalue weighted by atomic mass is 9.82. The number of hydrogen-bond donors (Lipinski definition) is 0. The van der Waals surface area contributed by atoms with E-state index in [-0.39, 0.29) is 5.92 Å². The highest BCUT2D eigenvalue weighted by atomic mass is 16.5. The van der Waals surface area contributed by atoms with Crippen molar-refractivity contribution in [3.8, 4) is 5.75 Å². The lowest BCUT2D eigenvalue weighted by molar-refractivity contribution is 0.409. The first-order chi connectivity index (χ1) is 10.4. The molecule has 0 saturated heterocycles. The van der Waals surface area contributed by atoms with Gasteiger partial charge in [0.2, 0.25) is 0 Å². The van der Waals surface area contributed by atoms with Gasteiger partial charge in [0.05, 0.1) is 7.11 Å². The van der Waals surface area contributed by atoms with E-state index < -0.39 is 0 Å². The molecular weight excluding hydrogens is 256 g/mol. The average molecular weight is 272 g/mol. The number of hydrogen-bond acceptors (Lipinski definition) is 1. The first-order valence-electron chi connectivity index (χ1n) is 7.21. The molecule has 1 aliphatic carbocycles. The Morgan fingerprint density at radius 2 is 1.57 bits per heavy atom. The molecule has 1 aliphatic rings. The summed E-state index contributed by atoms with van der Waals surface area (Å²) in [4.78, 5) is 0. The number of rotatable bonds is 2. The van der Waals surface area contributed by atoms with Crippen molar-refractivity contribution in [1.29, 1.82) is 0 Å². The first-order valence-corrected chi connectivity index (χ1v) is 7.21. The van der Waals surface area contributed by atoms with Crippen LogP contribution in [-0.4, -0.2) is 7.11 Å². The Hall–Kier alpha value is -2.54. The van der Waals surface area contributed by atoms with Crippen LogP contribution < -0.4 is 4.74 Å². The van der Waals surface area contributed by atoms with Crippen molar-refractivity contribution in [2.75, 3.05) is 7.11 Å². The number of benzene rings is 3. The molecule has 1 nitrogen and oxygen atoms in total. The standard InChI is InChI=1S/C20H16O/c1-21-19-11-3-2-9-17(19)16-13-12-15-7-4-6-14-8-5-10-18(16)20(14)15/h2-13,16H,1H3. The number of methoxy groups -OCH3 is 1. The molecule has 0 fully saturated rings. The van der Waals surface area contributed by atoms with Gasteiger partial charge in [-0.25, -0.2) is 0 Å². The second kappa shape index (κ2) is 4.78. The maximum Gasteiger partial charge on any atom is 0.122 e. The van der Waals surface area contributed by atoms with Crippen LogP contribution in [0.2, 0.25) is 0 Å². The fourth-order valence-electron chi connectivity index (χ4n) is 3.30. The van der Waals surface area contributed by atoms with Crippen LogP contribution in [0.25, 0.3) is 16.8 Å². The molecule has 0 spiro atoms. The van der Waals surface area contributed by atoms with Crippen molar-refractivity contribution < 1.29 is 4.74 Å². The van der Waals surface area contributed by atoms with Crippen LogP contribution in [0.4, 0.5) is 0 Å². The lowest BCUT2D eigenvalue weighted by Crippen LogP contribution is -2.05. The highest BCUT2D eigenvalue weighted by Crippen LogP contribution is 2.40. The van der Waals surface area contributed by atoms with E-state index in [4.69, 9.17) is 4.74 Å². The number of para-hydroxylation sites is 1. The molecule has 3 aromatic rings. The molecule has 21 heavy (non-hydrogen) atoms. The second-order valence-corrected chi connectivity index (χ2v) is 5.37. The summed E-state index contributed by atoms with van der Waals surface area (Å²) in [5.74, 6) is 1.20. The van der Waals surface area contributed by atoms with Gasteiger partial charge < -0.3 is 4.74 Å². The van der Waals surface area contributed by atoms with E-state index >= 15 is 0 Å². The highest BCUT2D eigenvalue weighted by molar-refractivity contribution is 5.96. The molecule has 0 amide bonds. The maximum atomic E-state index is 5.55. The fourth-order valence-corrected chi connectivity index (χ4v) is 3.30. The van der Waals surface area contributed by atoms with Crippen LogP contribution >= 0.6 is 0 Å². The average Bonchev–Trinajstić information content (AvgIpc) is 2.56. The Balaban J connectivity index is 1.98. The summed E-state index contributed by atoms with van der Waals surface area (Å²) in [7, 11) is 1.74. The zero-order chi connectivity index (χ0) is 14.2. The minimum Gasteiger partial charge on any atom is -0.496 e. The van der Waals surface area contributed by atoms with Gasteiger partial charge >= 0.3 is 0 Å². The van der Waals surface area contributed by atoms with Crippen LogP contribution in [0.1, 0.15) is 22.6 Å². The third-order valence-electron chi connectivity index (χ3n) is 4.25. The lowest BCUT2D eigenvalue weighted by Gasteiger charge is -2.23. The predicted octanol–water partition coefficient (Wildman–Crippen LogP) is 5.01. The smallest absolute Gasteiger partial charge is 0.122 e. The minimum absolute atomic E-state index is 0.250. The molecule has 1 atom stereocenters. The van der Waals surface area contributed by atoms with E-state index in [0.29, 0.717) is 0 Å². The van der Waals surface area contributed by atoms with Crippen LogP contribution in [0.5, 0.6) is 5.75 Å². The van der Waals surface area contributed by atoms with E-state index in [0.717, 1.165) is 5.75 Å². The molecule has 1 unspecified atom stereocenters. The Morgan fingerprint density at radius 3 is 2.43 bits per heavy atom. The van der Waals surface area contributed by atoms with Crippen molar-refractivity contribution in [1.82, 2.24) is 0 Å². The SMILES string of the molecule is COc1ccccc1C1C=Cc2cccc3cccc1c23. The summed E-state index contributed by atoms with van der Waals surface area (Å²) < 4.78 is 5.55. The molecule has 1 heteroatoms. The van der Waals surface area contributed by atoms with Gasteiger partial charge in [0.1, 0.15) is 5.75 Å². The summed E-state index contributed by atoms with van der Waals surface area (Å²) in [6, 6.07) is 21.3. The summed E-state index contributed by atoms with van der Waals surface area (Å²) in [5.41, 5.74) is 3.88. The first kappa shape index (κ1) is 12.2. The fraction of sp³-hybridized carbons (Fsp3) is 0.100. The van der Waals surface area contributed by atoms with Gasteiger partial charge in [0.25, 0.3) is 0 Å². The largest absolute Gasteiger partial charge is 0.496 e. The molecule has 0 heterocycles. The maximum absolute atomic E-state index is 5.55. The normalized spacial score (nSPS) is 16.1. The second-order valence-electron chi connectivity index (χ2n) is 5.37. The Morgan fingerprint density at radius 1 is 0.810 bits per heavy atom. The third-order valence-corrected chi connectivity index (χ3v) is 4.25. The molecule has 102 valence electrons. The van der Waals surface area contributed by atoms with Crippen molar-refractivity contribution in [2.45, 2.75) is 5.92 Å². The van der Waals surface area contributed by atoms with Gasteiger partial charge in [-0.3, -0.25) is 0 Å². The predicted molar refractivity (Wildman–Crippen MR) is 87.8 cm³/mol. The van der Waals surface area contributed by atoms with Gasteiger partial charge in [-0.15, -0.1) is 0 Å². The molecule has 0 N–H and O–H groups in total. The summed E-state index contributed by atoms with van der Waals surface area (Å²) in [6.45, 7) is 0. The molecule has 0 aliphatic heterocycles. The van der Waals surface area contributed by atoms with Crippen LogP contribution in [0.15, 0.2) is 66.7 Å². The van der Waals surface area contributed by atoms with Crippen LogP contribution in [0, 0.1) is 0 Å². The highest BCUT2D eigenvalue weighted by Gasteiger charge is 2.21. The minimum atomic E-state index is 0.250. The van der Waals surface area contributed by atoms with Crippen LogP contribution in [0.3, 0.4) is 0 Å². The van der Waals surface area contributed by atoms with Gasteiger partial charge in [-0.1, -0.05) is 66.7 Å². The zero-order valence-corrected chi connectivity index (χ0v) is 11.9. The van der Waals surface area contributed by atoms with Crippen molar-refractivity contribution in [3.05, 3.63) is 83.4 Å². The van der Waals surface area contributed by atoms with Gasteiger partial charge in [0.15, 0.2) is 0 Å². The van der Waals surface area contributed by atoms with Gasteiger partial charge in [-0.2, -0.15) is 0 Å². The van der Waals surface area contributed by atoms with E-state index in [9.17, 15) is 0 Å². The zero-order valence-electron chi connectivity index (χ0n) is 11.9. The van der Waals surface area contributed by atoms with E-state index in [1.165, 1.54) is 27.5 Å². The Kier molecular flexibility index (Phi) is 2.78. The van der Waals surface area contributed by atoms with Crippen molar-refractivity contribution >= 4 is 16.8 Å². The number of allylic oxidation sites excluding steroid dienone is 1. The molecule has 0 aromatic heterocycles. The van der Waals surface area contributed by atoms with Crippen molar-refractivity contribution in [2.24, 2.45) is 0 Å². The Bertz CT molecular complexity index is 840. The quantitative estimate of drug-likeness (QED) is 0.637. The molecule has 0 radical (unpaired) electrons. The van der Waals surface area contributed by atoms with E-state index in [2.05, 4.69) is 60.7 Å². The van der Waals surface area contributed by atoms with Crippen LogP contribution in [-0.2, 0) is 0 Å². The molecule has 0 saturated carbocycles. The monoisotopic (exact) mass is 272 g/mol. The third kappa shape index (κ3) is 1.85. The number of ether oxygens (including phenoxy) is 1. The molecular formula is C20H16O. The van der Waals surface area contributed by atoms with Gasteiger partial charge in [0, 0.05) is 11.5 Å². The van der Waals surface area contributed by atoms with Crippen molar-refractivity contribution in [3.63, 3.8) is 0 Å². The summed E-state index contributed by atoms with van der Waals surface area (Å²) in [6.07, 6.45) is 4.50. The molecule has 0 bridgehead atoms. The topological polar surface area (TPSA) is 9.23 Å². The molecule has 3 aromatic carbocycles.